The van der Waals surface area contributed by atoms with Gasteiger partial charge in [0.05, 0.1) is 39.7 Å². The standard InChI is InChI=1S/C40H32F3N7O5S/c1-4-25-6-14-33(34(51)45-25)49-35(52)30-13-10-27(21-31(30)36(49)53)47-17-15-46(16-18-47)19-20-55-29-11-8-26(9-12-29)50-38(56)48(37(54)39(50,2)3)28-7-5-24(23-44)32(22-28)40(41,42)43/h1,5-14,21-22H,15-20H2,2-3H3,(H,45,51). The number of nitriles is 1. The normalized spacial score (nSPS) is 17.0. The van der Waals surface area contributed by atoms with Crippen molar-refractivity contribution in [2.24, 2.45) is 0 Å². The zero-order valence-electron chi connectivity index (χ0n) is 30.0. The number of nitrogens with zero attached hydrogens (tertiary/aromatic N) is 6. The number of anilines is 4. The Hall–Kier alpha value is -6.49. The van der Waals surface area contributed by atoms with Gasteiger partial charge in [-0.3, -0.25) is 29.0 Å². The van der Waals surface area contributed by atoms with Gasteiger partial charge in [-0.05, 0) is 98.9 Å². The van der Waals surface area contributed by atoms with Gasteiger partial charge >= 0.3 is 6.18 Å². The summed E-state index contributed by atoms with van der Waals surface area (Å²) >= 11 is 5.63. The molecule has 0 bridgehead atoms. The third-order valence-electron chi connectivity index (χ3n) is 10.0. The summed E-state index contributed by atoms with van der Waals surface area (Å²) in [5.74, 6) is 1.21. The van der Waals surface area contributed by atoms with Crippen LogP contribution in [0.25, 0.3) is 0 Å². The van der Waals surface area contributed by atoms with Gasteiger partial charge in [-0.25, -0.2) is 4.90 Å². The molecule has 1 N–H and O–H groups in total. The van der Waals surface area contributed by atoms with Crippen molar-refractivity contribution >= 4 is 57.8 Å². The number of H-pyrrole nitrogens is 1. The average Bonchev–Trinajstić information content (AvgIpc) is 3.53. The summed E-state index contributed by atoms with van der Waals surface area (Å²) in [5.41, 5.74) is -1.75. The van der Waals surface area contributed by atoms with E-state index < -0.39 is 46.1 Å². The van der Waals surface area contributed by atoms with Gasteiger partial charge in [0, 0.05) is 44.1 Å². The number of pyridine rings is 1. The molecule has 284 valence electrons. The fourth-order valence-corrected chi connectivity index (χ4v) is 7.57. The fourth-order valence-electron chi connectivity index (χ4n) is 7.04. The lowest BCUT2D eigenvalue weighted by Crippen LogP contribution is -2.47. The number of rotatable bonds is 8. The summed E-state index contributed by atoms with van der Waals surface area (Å²) in [7, 11) is 0. The number of nitrogens with one attached hydrogen (secondary N) is 1. The first-order valence-corrected chi connectivity index (χ1v) is 17.8. The van der Waals surface area contributed by atoms with Gasteiger partial charge in [-0.1, -0.05) is 5.92 Å². The summed E-state index contributed by atoms with van der Waals surface area (Å²) < 4.78 is 47.1. The molecule has 3 aliphatic rings. The minimum Gasteiger partial charge on any atom is -0.492 e. The van der Waals surface area contributed by atoms with Gasteiger partial charge in [0.15, 0.2) is 5.11 Å². The lowest BCUT2D eigenvalue weighted by Gasteiger charge is -2.36. The second-order valence-corrected chi connectivity index (χ2v) is 14.1. The van der Waals surface area contributed by atoms with Gasteiger partial charge in [-0.15, -0.1) is 6.42 Å². The number of alkyl halides is 3. The first kappa shape index (κ1) is 37.8. The maximum absolute atomic E-state index is 13.7. The minimum absolute atomic E-state index is 0.00365. The molecule has 4 heterocycles. The summed E-state index contributed by atoms with van der Waals surface area (Å²) in [4.78, 5) is 62.8. The number of ether oxygens (including phenoxy) is 1. The number of benzene rings is 3. The number of aromatic amines is 1. The van der Waals surface area contributed by atoms with Gasteiger partial charge in [0.2, 0.25) is 0 Å². The van der Waals surface area contributed by atoms with Crippen molar-refractivity contribution < 1.29 is 32.3 Å². The SMILES string of the molecule is C#Cc1ccc(N2C(=O)c3ccc(N4CCN(CCOc5ccc(N6C(=S)N(c7ccc(C#N)c(C(F)(F)F)c7)C(=O)C6(C)C)cc5)CC4)cc3C2=O)c(=O)[nH]1. The maximum atomic E-state index is 13.7. The van der Waals surface area contributed by atoms with Crippen LogP contribution in [0.1, 0.15) is 51.4 Å². The molecule has 0 radical (unpaired) electrons. The Balaban J connectivity index is 0.939. The number of amides is 3. The molecule has 2 fully saturated rings. The third-order valence-corrected chi connectivity index (χ3v) is 10.4. The molecule has 3 aromatic carbocycles. The lowest BCUT2D eigenvalue weighted by molar-refractivity contribution is -0.137. The molecule has 12 nitrogen and oxygen atoms in total. The molecular formula is C40H32F3N7O5S. The number of hydrogen-bond acceptors (Lipinski definition) is 9. The predicted octanol–water partition coefficient (Wildman–Crippen LogP) is 5.16. The largest absolute Gasteiger partial charge is 0.492 e. The van der Waals surface area contributed by atoms with Crippen LogP contribution in [0, 0.1) is 23.7 Å². The van der Waals surface area contributed by atoms with Crippen LogP contribution in [0.15, 0.2) is 77.6 Å². The van der Waals surface area contributed by atoms with Gasteiger partial charge < -0.3 is 19.5 Å². The molecule has 1 aromatic heterocycles. The Bertz CT molecular complexity index is 2440. The predicted molar refractivity (Wildman–Crippen MR) is 206 cm³/mol. The fraction of sp³-hybridized carbons (Fsp3) is 0.250. The lowest BCUT2D eigenvalue weighted by atomic mass is 10.0. The van der Waals surface area contributed by atoms with Crippen molar-refractivity contribution in [1.82, 2.24) is 9.88 Å². The quantitative estimate of drug-likeness (QED) is 0.145. The molecule has 2 saturated heterocycles. The van der Waals surface area contributed by atoms with E-state index in [-0.39, 0.29) is 33.3 Å². The van der Waals surface area contributed by atoms with Crippen molar-refractivity contribution in [3.05, 3.63) is 111 Å². The molecule has 0 aliphatic carbocycles. The molecule has 0 spiro atoms. The van der Waals surface area contributed by atoms with Crippen molar-refractivity contribution in [2.75, 3.05) is 58.9 Å². The third kappa shape index (κ3) is 6.63. The summed E-state index contributed by atoms with van der Waals surface area (Å²) in [6.07, 6.45) is 0.539. The number of halogens is 3. The van der Waals surface area contributed by atoms with Crippen LogP contribution in [0.3, 0.4) is 0 Å². The first-order chi connectivity index (χ1) is 26.6. The van der Waals surface area contributed by atoms with Crippen LogP contribution < -0.4 is 29.9 Å². The van der Waals surface area contributed by atoms with E-state index in [9.17, 15) is 37.6 Å². The molecular weight excluding hydrogens is 748 g/mol. The number of piperazine rings is 1. The Morgan fingerprint density at radius 3 is 2.16 bits per heavy atom. The van der Waals surface area contributed by atoms with E-state index in [2.05, 4.69) is 20.7 Å². The molecule has 56 heavy (non-hydrogen) atoms. The van der Waals surface area contributed by atoms with E-state index in [1.165, 1.54) is 18.2 Å². The van der Waals surface area contributed by atoms with Crippen LogP contribution in [-0.2, 0) is 11.0 Å². The van der Waals surface area contributed by atoms with Crippen LogP contribution >= 0.6 is 12.2 Å². The van der Waals surface area contributed by atoms with Crippen molar-refractivity contribution in [3.63, 3.8) is 0 Å². The topological polar surface area (TPSA) is 133 Å². The highest BCUT2D eigenvalue weighted by Gasteiger charge is 2.51. The Morgan fingerprint density at radius 2 is 1.52 bits per heavy atom. The van der Waals surface area contributed by atoms with E-state index in [4.69, 9.17) is 23.4 Å². The summed E-state index contributed by atoms with van der Waals surface area (Å²) in [6.45, 7) is 7.02. The molecule has 0 saturated carbocycles. The number of thiocarbonyl (C=S) groups is 1. The molecule has 0 unspecified atom stereocenters. The Morgan fingerprint density at radius 1 is 0.857 bits per heavy atom. The first-order valence-electron chi connectivity index (χ1n) is 17.4. The zero-order chi connectivity index (χ0) is 40.1. The number of hydrogen-bond donors (Lipinski definition) is 1. The number of carbonyl (C=O) groups is 3. The smallest absolute Gasteiger partial charge is 0.417 e. The molecule has 0 atom stereocenters. The van der Waals surface area contributed by atoms with Crippen LogP contribution in [0.2, 0.25) is 0 Å². The minimum atomic E-state index is -4.80. The van der Waals surface area contributed by atoms with Crippen LogP contribution in [0.4, 0.5) is 35.9 Å². The highest BCUT2D eigenvalue weighted by Crippen LogP contribution is 2.40. The number of carbonyl (C=O) groups excluding carboxylic acids is 3. The Kier molecular flexibility index (Phi) is 9.65. The van der Waals surface area contributed by atoms with Gasteiger partial charge in [-0.2, -0.15) is 18.4 Å². The van der Waals surface area contributed by atoms with E-state index in [1.54, 1.807) is 67.3 Å². The van der Waals surface area contributed by atoms with E-state index >= 15 is 0 Å². The van der Waals surface area contributed by atoms with Crippen LogP contribution in [0.5, 0.6) is 5.75 Å². The summed E-state index contributed by atoms with van der Waals surface area (Å²) in [5, 5.41) is 9.18. The molecule has 3 amide bonds. The van der Waals surface area contributed by atoms with Gasteiger partial charge in [0.1, 0.15) is 23.6 Å². The van der Waals surface area contributed by atoms with Crippen LogP contribution in [-0.4, -0.2) is 77.6 Å². The average molecular weight is 780 g/mol. The highest BCUT2D eigenvalue weighted by molar-refractivity contribution is 7.81. The molecule has 16 heteroatoms. The van der Waals surface area contributed by atoms with Crippen molar-refractivity contribution in [3.8, 4) is 24.2 Å². The van der Waals surface area contributed by atoms with Gasteiger partial charge in [0.25, 0.3) is 23.3 Å². The van der Waals surface area contributed by atoms with E-state index in [0.717, 1.165) is 27.6 Å². The maximum Gasteiger partial charge on any atom is 0.417 e. The monoisotopic (exact) mass is 779 g/mol. The highest BCUT2D eigenvalue weighted by atomic mass is 32.1. The number of terminal acetylenes is 1. The number of imide groups is 1. The molecule has 7 rings (SSSR count). The van der Waals surface area contributed by atoms with Crippen molar-refractivity contribution in [2.45, 2.75) is 25.6 Å². The molecule has 3 aliphatic heterocycles. The van der Waals surface area contributed by atoms with E-state index in [1.807, 2.05) is 0 Å². The Labute approximate surface area is 324 Å². The zero-order valence-corrected chi connectivity index (χ0v) is 30.8. The second-order valence-electron chi connectivity index (χ2n) is 13.7. The van der Waals surface area contributed by atoms with Crippen molar-refractivity contribution in [1.29, 1.82) is 5.26 Å². The molecule has 4 aromatic rings. The number of fused-ring (bicyclic) bond motifs is 1. The number of aromatic nitrogens is 1. The summed E-state index contributed by atoms with van der Waals surface area (Å²) in [6, 6.07) is 19.4. The second kappa shape index (κ2) is 14.3. The van der Waals surface area contributed by atoms with E-state index in [0.29, 0.717) is 50.8 Å².